The summed E-state index contributed by atoms with van der Waals surface area (Å²) in [6, 6.07) is 3.17. The van der Waals surface area contributed by atoms with Crippen molar-refractivity contribution in [3.8, 4) is 5.88 Å². The van der Waals surface area contributed by atoms with Crippen molar-refractivity contribution in [2.75, 3.05) is 31.9 Å². The Morgan fingerprint density at radius 3 is 2.60 bits per heavy atom. The van der Waals surface area contributed by atoms with Crippen LogP contribution in [0.1, 0.15) is 6.92 Å². The first-order valence-electron chi connectivity index (χ1n) is 5.92. The molecule has 0 aliphatic heterocycles. The normalized spacial score (nSPS) is 12.8. The van der Waals surface area contributed by atoms with Gasteiger partial charge in [0.15, 0.2) is 9.84 Å². The van der Waals surface area contributed by atoms with Crippen molar-refractivity contribution in [1.29, 1.82) is 0 Å². The molecule has 0 aromatic carbocycles. The number of methoxy groups -OCH3 is 1. The van der Waals surface area contributed by atoms with Crippen molar-refractivity contribution < 1.29 is 22.7 Å². The van der Waals surface area contributed by atoms with Gasteiger partial charge in [-0.05, 0) is 13.0 Å². The predicted octanol–water partition coefficient (Wildman–Crippen LogP) is 0.478. The average molecular weight is 302 g/mol. The molecular weight excluding hydrogens is 284 g/mol. The molecule has 0 radical (unpaired) electrons. The number of nitrogens with one attached hydrogen (secondary N) is 1. The van der Waals surface area contributed by atoms with E-state index >= 15 is 0 Å². The van der Waals surface area contributed by atoms with Crippen LogP contribution in [-0.4, -0.2) is 51.1 Å². The van der Waals surface area contributed by atoms with E-state index in [-0.39, 0.29) is 0 Å². The minimum Gasteiger partial charge on any atom is -0.475 e. The first-order valence-corrected chi connectivity index (χ1v) is 7.87. The molecule has 0 saturated heterocycles. The summed E-state index contributed by atoms with van der Waals surface area (Å²) >= 11 is 0. The molecule has 7 nitrogen and oxygen atoms in total. The van der Waals surface area contributed by atoms with E-state index in [1.54, 1.807) is 19.2 Å². The number of ether oxygens (including phenoxy) is 2. The fourth-order valence-corrected chi connectivity index (χ4v) is 1.66. The van der Waals surface area contributed by atoms with E-state index < -0.39 is 21.0 Å². The van der Waals surface area contributed by atoms with E-state index in [0.29, 0.717) is 24.8 Å². The number of sulfone groups is 1. The van der Waals surface area contributed by atoms with Gasteiger partial charge in [0.25, 0.3) is 0 Å². The fourth-order valence-electron chi connectivity index (χ4n) is 1.21. The van der Waals surface area contributed by atoms with Gasteiger partial charge in [-0.3, -0.25) is 4.79 Å². The summed E-state index contributed by atoms with van der Waals surface area (Å²) in [5.74, 6) is -0.196. The van der Waals surface area contributed by atoms with Gasteiger partial charge in [0, 0.05) is 19.4 Å². The molecule has 1 atom stereocenters. The Morgan fingerprint density at radius 1 is 1.40 bits per heavy atom. The van der Waals surface area contributed by atoms with E-state index in [4.69, 9.17) is 9.47 Å². The minimum atomic E-state index is -3.42. The highest BCUT2D eigenvalue weighted by Gasteiger charge is 2.23. The Labute approximate surface area is 118 Å². The Bertz CT molecular complexity index is 541. The molecule has 0 saturated carbocycles. The van der Waals surface area contributed by atoms with E-state index in [2.05, 4.69) is 10.3 Å². The molecule has 1 aromatic heterocycles. The number of amides is 1. The fraction of sp³-hybridized carbons (Fsp3) is 0.500. The van der Waals surface area contributed by atoms with Crippen LogP contribution in [0.3, 0.4) is 0 Å². The van der Waals surface area contributed by atoms with Crippen LogP contribution in [0, 0.1) is 0 Å². The number of carbonyl (C=O) groups excluding carboxylic acids is 1. The highest BCUT2D eigenvalue weighted by molar-refractivity contribution is 7.92. The van der Waals surface area contributed by atoms with Gasteiger partial charge in [0.2, 0.25) is 11.8 Å². The molecule has 1 rings (SSSR count). The Morgan fingerprint density at radius 2 is 2.10 bits per heavy atom. The summed E-state index contributed by atoms with van der Waals surface area (Å²) in [6.45, 7) is 2.16. The van der Waals surface area contributed by atoms with Gasteiger partial charge in [0.05, 0.1) is 18.5 Å². The van der Waals surface area contributed by atoms with Crippen LogP contribution >= 0.6 is 0 Å². The van der Waals surface area contributed by atoms with Crippen molar-refractivity contribution in [3.05, 3.63) is 18.3 Å². The lowest BCUT2D eigenvalue weighted by Crippen LogP contribution is -2.31. The first-order chi connectivity index (χ1) is 9.34. The first kappa shape index (κ1) is 16.4. The Balaban J connectivity index is 2.59. The summed E-state index contributed by atoms with van der Waals surface area (Å²) < 4.78 is 32.6. The van der Waals surface area contributed by atoms with E-state index in [1.165, 1.54) is 13.1 Å². The zero-order valence-corrected chi connectivity index (χ0v) is 12.4. The van der Waals surface area contributed by atoms with Crippen LogP contribution in [0.4, 0.5) is 5.69 Å². The summed E-state index contributed by atoms with van der Waals surface area (Å²) in [6.07, 6.45) is 2.41. The second-order valence-electron chi connectivity index (χ2n) is 4.19. The zero-order valence-electron chi connectivity index (χ0n) is 11.6. The topological polar surface area (TPSA) is 94.6 Å². The molecule has 8 heteroatoms. The average Bonchev–Trinajstić information content (AvgIpc) is 2.39. The van der Waals surface area contributed by atoms with Gasteiger partial charge in [-0.25, -0.2) is 13.4 Å². The third kappa shape index (κ3) is 5.14. The number of hydrogen-bond donors (Lipinski definition) is 1. The number of aromatic nitrogens is 1. The van der Waals surface area contributed by atoms with Crippen molar-refractivity contribution in [2.24, 2.45) is 0 Å². The standard InChI is InChI=1S/C12H18N2O5S/c1-9(20(3,16)17)12(15)14-10-4-5-11(13-8-10)19-7-6-18-2/h4-5,8-9H,6-7H2,1-3H3,(H,14,15). The molecule has 0 bridgehead atoms. The van der Waals surface area contributed by atoms with Crippen LogP contribution in [0.2, 0.25) is 0 Å². The monoisotopic (exact) mass is 302 g/mol. The lowest BCUT2D eigenvalue weighted by molar-refractivity contribution is -0.115. The highest BCUT2D eigenvalue weighted by Crippen LogP contribution is 2.12. The molecule has 1 N–H and O–H groups in total. The van der Waals surface area contributed by atoms with E-state index in [9.17, 15) is 13.2 Å². The maximum Gasteiger partial charge on any atom is 0.242 e. The van der Waals surface area contributed by atoms with Crippen molar-refractivity contribution in [2.45, 2.75) is 12.2 Å². The molecule has 112 valence electrons. The van der Waals surface area contributed by atoms with Gasteiger partial charge in [-0.1, -0.05) is 0 Å². The molecule has 0 aliphatic rings. The molecular formula is C12H18N2O5S. The summed E-state index contributed by atoms with van der Waals surface area (Å²) in [5, 5.41) is 1.37. The molecule has 20 heavy (non-hydrogen) atoms. The van der Waals surface area contributed by atoms with E-state index in [0.717, 1.165) is 6.26 Å². The number of nitrogens with zero attached hydrogens (tertiary/aromatic N) is 1. The third-order valence-corrected chi connectivity index (χ3v) is 4.05. The molecule has 0 spiro atoms. The number of anilines is 1. The molecule has 1 aromatic rings. The Kier molecular flexibility index (Phi) is 5.90. The number of pyridine rings is 1. The smallest absolute Gasteiger partial charge is 0.242 e. The summed E-state index contributed by atoms with van der Waals surface area (Å²) in [5.41, 5.74) is 0.407. The Hall–Kier alpha value is -1.67. The maximum absolute atomic E-state index is 11.7. The summed E-state index contributed by atoms with van der Waals surface area (Å²) in [4.78, 5) is 15.7. The third-order valence-electron chi connectivity index (χ3n) is 2.55. The van der Waals surface area contributed by atoms with Gasteiger partial charge < -0.3 is 14.8 Å². The van der Waals surface area contributed by atoms with Crippen LogP contribution in [0.15, 0.2) is 18.3 Å². The molecule has 1 heterocycles. The largest absolute Gasteiger partial charge is 0.475 e. The number of rotatable bonds is 7. The van der Waals surface area contributed by atoms with Crippen molar-refractivity contribution >= 4 is 21.4 Å². The highest BCUT2D eigenvalue weighted by atomic mass is 32.2. The summed E-state index contributed by atoms with van der Waals surface area (Å²) in [7, 11) is -1.85. The van der Waals surface area contributed by atoms with Gasteiger partial charge >= 0.3 is 0 Å². The number of hydrogen-bond acceptors (Lipinski definition) is 6. The SMILES string of the molecule is COCCOc1ccc(NC(=O)C(C)S(C)(=O)=O)cn1. The van der Waals surface area contributed by atoms with Gasteiger partial charge in [-0.2, -0.15) is 0 Å². The lowest BCUT2D eigenvalue weighted by atomic mass is 10.3. The molecule has 1 amide bonds. The predicted molar refractivity (Wildman–Crippen MR) is 74.5 cm³/mol. The second kappa shape index (κ2) is 7.20. The van der Waals surface area contributed by atoms with Crippen LogP contribution in [0.25, 0.3) is 0 Å². The minimum absolute atomic E-state index is 0.375. The van der Waals surface area contributed by atoms with Crippen molar-refractivity contribution in [3.63, 3.8) is 0 Å². The molecule has 0 aliphatic carbocycles. The van der Waals surface area contributed by atoms with Crippen molar-refractivity contribution in [1.82, 2.24) is 4.98 Å². The zero-order chi connectivity index (χ0) is 15.2. The number of carbonyl (C=O) groups is 1. The van der Waals surface area contributed by atoms with Gasteiger partial charge in [0.1, 0.15) is 11.9 Å². The van der Waals surface area contributed by atoms with Gasteiger partial charge in [-0.15, -0.1) is 0 Å². The van der Waals surface area contributed by atoms with E-state index in [1.807, 2.05) is 0 Å². The maximum atomic E-state index is 11.7. The quantitative estimate of drug-likeness (QED) is 0.736. The second-order valence-corrected chi connectivity index (χ2v) is 6.55. The lowest BCUT2D eigenvalue weighted by Gasteiger charge is -2.10. The molecule has 0 fully saturated rings. The molecule has 1 unspecified atom stereocenters. The van der Waals surface area contributed by atoms with Crippen LogP contribution in [0.5, 0.6) is 5.88 Å². The van der Waals surface area contributed by atoms with Crippen LogP contribution in [-0.2, 0) is 19.4 Å². The van der Waals surface area contributed by atoms with Crippen LogP contribution < -0.4 is 10.1 Å².